The number of imidazole rings is 1. The minimum absolute atomic E-state index is 0.0894. The molecule has 1 amide bonds. The van der Waals surface area contributed by atoms with Crippen LogP contribution in [0.4, 0.5) is 15.8 Å². The minimum Gasteiger partial charge on any atom is -0.384 e. The summed E-state index contributed by atoms with van der Waals surface area (Å²) in [6.45, 7) is 3.29. The summed E-state index contributed by atoms with van der Waals surface area (Å²) in [6.07, 6.45) is 8.78. The van der Waals surface area contributed by atoms with Crippen LogP contribution in [0.3, 0.4) is 0 Å². The number of pyridine rings is 3. The Kier molecular flexibility index (Phi) is 7.28. The first-order valence-electron chi connectivity index (χ1n) is 13.5. The molecule has 4 N–H and O–H groups in total. The Labute approximate surface area is 240 Å². The number of aromatic nitrogens is 7. The molecular weight excluding hydrogens is 535 g/mol. The number of benzene rings is 1. The van der Waals surface area contributed by atoms with Gasteiger partial charge in [-0.05, 0) is 50.0 Å². The van der Waals surface area contributed by atoms with E-state index in [1.807, 2.05) is 32.3 Å². The highest BCUT2D eigenvalue weighted by molar-refractivity contribution is 5.97. The lowest BCUT2D eigenvalue weighted by molar-refractivity contribution is -0.115. The number of rotatable bonds is 9. The van der Waals surface area contributed by atoms with E-state index in [2.05, 4.69) is 45.7 Å². The Morgan fingerprint density at radius 1 is 0.952 bits per heavy atom. The second-order valence-corrected chi connectivity index (χ2v) is 10.2. The van der Waals surface area contributed by atoms with Crippen molar-refractivity contribution >= 4 is 39.3 Å². The number of hydrogen-bond donors (Lipinski definition) is 4. The van der Waals surface area contributed by atoms with Gasteiger partial charge in [0.1, 0.15) is 11.5 Å². The molecule has 11 nitrogen and oxygen atoms in total. The molecule has 1 aromatic carbocycles. The van der Waals surface area contributed by atoms with E-state index in [1.54, 1.807) is 37.9 Å². The molecule has 0 unspecified atom stereocenters. The molecule has 0 aliphatic carbocycles. The molecule has 0 saturated carbocycles. The maximum atomic E-state index is 14.6. The number of amides is 1. The van der Waals surface area contributed by atoms with Gasteiger partial charge in [0.05, 0.1) is 34.5 Å². The molecule has 0 aliphatic heterocycles. The SMILES string of the molecule is CCC(=O)Nc1cncc(-c2cnc3n[nH]c(-c4nc5c(-c6cc(F)cc(NCCN(C)C)c6)cncc5[nH]4)c3c2)c1. The third kappa shape index (κ3) is 5.52. The minimum atomic E-state index is -0.349. The molecular formula is C30H29FN10O. The molecule has 0 atom stereocenters. The fraction of sp³-hybridized carbons (Fsp3) is 0.200. The molecule has 0 aliphatic rings. The Morgan fingerprint density at radius 2 is 1.76 bits per heavy atom. The van der Waals surface area contributed by atoms with Gasteiger partial charge in [-0.2, -0.15) is 5.10 Å². The maximum absolute atomic E-state index is 14.6. The van der Waals surface area contributed by atoms with Crippen molar-refractivity contribution in [1.29, 1.82) is 0 Å². The molecule has 0 fully saturated rings. The van der Waals surface area contributed by atoms with Crippen LogP contribution in [-0.2, 0) is 4.79 Å². The van der Waals surface area contributed by atoms with Gasteiger partial charge in [-0.15, -0.1) is 0 Å². The Bertz CT molecular complexity index is 1910. The van der Waals surface area contributed by atoms with Gasteiger partial charge in [0.25, 0.3) is 0 Å². The van der Waals surface area contributed by atoms with E-state index in [1.165, 1.54) is 12.1 Å². The first-order chi connectivity index (χ1) is 20.4. The highest BCUT2D eigenvalue weighted by Gasteiger charge is 2.17. The van der Waals surface area contributed by atoms with E-state index in [0.29, 0.717) is 63.7 Å². The van der Waals surface area contributed by atoms with Crippen molar-refractivity contribution < 1.29 is 9.18 Å². The number of likely N-dealkylation sites (N-methyl/N-ethyl adjacent to an activating group) is 1. The van der Waals surface area contributed by atoms with Crippen LogP contribution in [0.25, 0.3) is 55.8 Å². The number of carbonyl (C=O) groups is 1. The number of anilines is 2. The summed E-state index contributed by atoms with van der Waals surface area (Å²) >= 11 is 0. The quantitative estimate of drug-likeness (QED) is 0.190. The number of nitrogens with one attached hydrogen (secondary N) is 4. The number of fused-ring (bicyclic) bond motifs is 2. The van der Waals surface area contributed by atoms with Crippen LogP contribution in [0.5, 0.6) is 0 Å². The lowest BCUT2D eigenvalue weighted by atomic mass is 10.1. The van der Waals surface area contributed by atoms with Crippen LogP contribution >= 0.6 is 0 Å². The van der Waals surface area contributed by atoms with E-state index >= 15 is 0 Å². The molecule has 42 heavy (non-hydrogen) atoms. The van der Waals surface area contributed by atoms with Gasteiger partial charge in [0.15, 0.2) is 11.5 Å². The average molecular weight is 565 g/mol. The van der Waals surface area contributed by atoms with Gasteiger partial charge < -0.3 is 20.5 Å². The largest absolute Gasteiger partial charge is 0.384 e. The fourth-order valence-electron chi connectivity index (χ4n) is 4.69. The number of aromatic amines is 2. The zero-order valence-corrected chi connectivity index (χ0v) is 23.4. The molecule has 5 heterocycles. The van der Waals surface area contributed by atoms with Crippen molar-refractivity contribution in [2.75, 3.05) is 37.8 Å². The molecule has 0 bridgehead atoms. The number of nitrogens with zero attached hydrogens (tertiary/aromatic N) is 6. The molecule has 5 aromatic heterocycles. The molecule has 0 saturated heterocycles. The average Bonchev–Trinajstić information content (AvgIpc) is 3.60. The normalized spacial score (nSPS) is 11.5. The van der Waals surface area contributed by atoms with Crippen LogP contribution in [0.1, 0.15) is 13.3 Å². The van der Waals surface area contributed by atoms with Gasteiger partial charge in [-0.25, -0.2) is 14.4 Å². The third-order valence-electron chi connectivity index (χ3n) is 6.81. The van der Waals surface area contributed by atoms with Crippen LogP contribution in [0.2, 0.25) is 0 Å². The number of halogens is 1. The van der Waals surface area contributed by atoms with Crippen molar-refractivity contribution in [2.24, 2.45) is 0 Å². The van der Waals surface area contributed by atoms with Crippen molar-refractivity contribution in [1.82, 2.24) is 40.0 Å². The highest BCUT2D eigenvalue weighted by Crippen LogP contribution is 2.33. The van der Waals surface area contributed by atoms with Gasteiger partial charge >= 0.3 is 0 Å². The fourth-order valence-corrected chi connectivity index (χ4v) is 4.69. The second kappa shape index (κ2) is 11.3. The monoisotopic (exact) mass is 564 g/mol. The Morgan fingerprint density at radius 3 is 2.60 bits per heavy atom. The topological polar surface area (TPSA) is 140 Å². The molecule has 0 spiro atoms. The molecule has 6 rings (SSSR count). The standard InChI is InChI=1S/C30H29FN10O/c1-4-26(42)36-22-9-18(12-32-14-22)19-10-23-28(39-40-29(23)35-13-19)30-37-25-16-33-15-24(27(25)38-30)17-7-20(31)11-21(8-17)34-5-6-41(2)3/h7-16,34H,4-6H2,1-3H3,(H,36,42)(H,37,38)(H,35,39,40). The molecule has 6 aromatic rings. The summed E-state index contributed by atoms with van der Waals surface area (Å²) in [4.78, 5) is 35.3. The predicted molar refractivity (Wildman–Crippen MR) is 161 cm³/mol. The Hall–Kier alpha value is -5.23. The number of carbonyl (C=O) groups excluding carboxylic acids is 1. The number of hydrogen-bond acceptors (Lipinski definition) is 8. The summed E-state index contributed by atoms with van der Waals surface area (Å²) in [5.41, 5.74) is 6.78. The summed E-state index contributed by atoms with van der Waals surface area (Å²) in [6, 6.07) is 8.66. The van der Waals surface area contributed by atoms with Crippen molar-refractivity contribution in [3.05, 3.63) is 67.1 Å². The second-order valence-electron chi connectivity index (χ2n) is 10.2. The Balaban J connectivity index is 1.36. The van der Waals surface area contributed by atoms with Crippen LogP contribution in [-0.4, -0.2) is 73.1 Å². The van der Waals surface area contributed by atoms with Gasteiger partial charge in [-0.1, -0.05) is 6.92 Å². The predicted octanol–water partition coefficient (Wildman–Crippen LogP) is 5.09. The molecule has 0 radical (unpaired) electrons. The van der Waals surface area contributed by atoms with Gasteiger partial charge in [-0.3, -0.25) is 19.9 Å². The molecule has 212 valence electrons. The lowest BCUT2D eigenvalue weighted by Crippen LogP contribution is -2.20. The van der Waals surface area contributed by atoms with Gasteiger partial charge in [0.2, 0.25) is 5.91 Å². The van der Waals surface area contributed by atoms with E-state index in [-0.39, 0.29) is 11.7 Å². The van der Waals surface area contributed by atoms with Crippen molar-refractivity contribution in [3.8, 4) is 33.8 Å². The first-order valence-corrected chi connectivity index (χ1v) is 13.5. The lowest BCUT2D eigenvalue weighted by Gasteiger charge is -2.12. The van der Waals surface area contributed by atoms with Crippen LogP contribution in [0.15, 0.2) is 61.3 Å². The van der Waals surface area contributed by atoms with E-state index in [9.17, 15) is 9.18 Å². The smallest absolute Gasteiger partial charge is 0.224 e. The zero-order chi connectivity index (χ0) is 29.2. The third-order valence-corrected chi connectivity index (χ3v) is 6.81. The van der Waals surface area contributed by atoms with E-state index in [4.69, 9.17) is 4.98 Å². The van der Waals surface area contributed by atoms with Crippen molar-refractivity contribution in [3.63, 3.8) is 0 Å². The zero-order valence-electron chi connectivity index (χ0n) is 23.4. The van der Waals surface area contributed by atoms with Gasteiger partial charge in [0, 0.05) is 60.5 Å². The summed E-state index contributed by atoms with van der Waals surface area (Å²) < 4.78 is 14.6. The van der Waals surface area contributed by atoms with Crippen LogP contribution < -0.4 is 10.6 Å². The summed E-state index contributed by atoms with van der Waals surface area (Å²) in [5, 5.41) is 14.3. The van der Waals surface area contributed by atoms with E-state index in [0.717, 1.165) is 23.1 Å². The summed E-state index contributed by atoms with van der Waals surface area (Å²) in [5.74, 6) is 0.107. The van der Waals surface area contributed by atoms with E-state index < -0.39 is 0 Å². The maximum Gasteiger partial charge on any atom is 0.224 e. The number of H-pyrrole nitrogens is 2. The summed E-state index contributed by atoms with van der Waals surface area (Å²) in [7, 11) is 3.98. The molecule has 12 heteroatoms. The van der Waals surface area contributed by atoms with Crippen LogP contribution in [0, 0.1) is 5.82 Å². The highest BCUT2D eigenvalue weighted by atomic mass is 19.1. The first kappa shape index (κ1) is 27.0. The van der Waals surface area contributed by atoms with Crippen molar-refractivity contribution in [2.45, 2.75) is 13.3 Å².